The number of nitrogens with zero attached hydrogens (tertiary/aromatic N) is 4. The van der Waals surface area contributed by atoms with Crippen molar-refractivity contribution >= 4 is 37.3 Å². The van der Waals surface area contributed by atoms with Crippen LogP contribution in [0.5, 0.6) is 0 Å². The number of anilines is 2. The van der Waals surface area contributed by atoms with Crippen LogP contribution in [0.3, 0.4) is 0 Å². The van der Waals surface area contributed by atoms with E-state index in [-0.39, 0.29) is 33.8 Å². The topological polar surface area (TPSA) is 108 Å². The molecule has 0 bridgehead atoms. The van der Waals surface area contributed by atoms with Crippen LogP contribution in [-0.2, 0) is 19.9 Å². The van der Waals surface area contributed by atoms with Crippen LogP contribution >= 0.6 is 0 Å². The van der Waals surface area contributed by atoms with Gasteiger partial charge in [-0.2, -0.15) is 0 Å². The van der Waals surface area contributed by atoms with Crippen molar-refractivity contribution in [3.8, 4) is 0 Å². The Labute approximate surface area is 207 Å². The van der Waals surface area contributed by atoms with Gasteiger partial charge in [-0.1, -0.05) is 6.07 Å². The molecular formula is C24H32N4O5S2. The molecule has 2 aliphatic rings. The van der Waals surface area contributed by atoms with Gasteiger partial charge in [-0.15, -0.1) is 0 Å². The van der Waals surface area contributed by atoms with Crippen molar-refractivity contribution in [2.45, 2.75) is 45.1 Å². The predicted octanol–water partition coefficient (Wildman–Crippen LogP) is 2.30. The SMILES string of the molecule is Cc1cc(C)c(N2CCN(C(=O)c3ccc(N4[C@H](C)CCS4(=O)=O)cc3S(C)(=O)=O)CC2)nc1C. The minimum Gasteiger partial charge on any atom is -0.353 e. The number of amides is 1. The lowest BCUT2D eigenvalue weighted by atomic mass is 10.1. The van der Waals surface area contributed by atoms with Gasteiger partial charge in [-0.05, 0) is 63.4 Å². The summed E-state index contributed by atoms with van der Waals surface area (Å²) in [6.45, 7) is 9.83. The molecule has 0 unspecified atom stereocenters. The van der Waals surface area contributed by atoms with Crippen LogP contribution in [0.15, 0.2) is 29.2 Å². The quantitative estimate of drug-likeness (QED) is 0.609. The zero-order chi connectivity index (χ0) is 25.7. The maximum absolute atomic E-state index is 13.4. The molecule has 1 atom stereocenters. The molecule has 35 heavy (non-hydrogen) atoms. The fraction of sp³-hybridized carbons (Fsp3) is 0.500. The van der Waals surface area contributed by atoms with Crippen LogP contribution in [-0.4, -0.2) is 76.9 Å². The van der Waals surface area contributed by atoms with E-state index in [0.717, 1.165) is 28.9 Å². The molecule has 9 nitrogen and oxygen atoms in total. The normalized spacial score (nSPS) is 20.4. The largest absolute Gasteiger partial charge is 0.353 e. The molecule has 2 saturated heterocycles. The second-order valence-electron chi connectivity index (χ2n) is 9.51. The summed E-state index contributed by atoms with van der Waals surface area (Å²) in [4.78, 5) is 21.8. The Kier molecular flexibility index (Phi) is 6.60. The molecule has 0 N–H and O–H groups in total. The number of hydrogen-bond acceptors (Lipinski definition) is 7. The van der Waals surface area contributed by atoms with Crippen molar-refractivity contribution < 1.29 is 21.6 Å². The predicted molar refractivity (Wildman–Crippen MR) is 136 cm³/mol. The van der Waals surface area contributed by atoms with Gasteiger partial charge in [0.1, 0.15) is 5.82 Å². The van der Waals surface area contributed by atoms with Gasteiger partial charge in [0.25, 0.3) is 5.91 Å². The van der Waals surface area contributed by atoms with Crippen molar-refractivity contribution in [1.82, 2.24) is 9.88 Å². The number of aryl methyl sites for hydroxylation is 3. The standard InChI is InChI=1S/C24H32N4O5S2/c1-16-14-17(2)23(25-19(16)4)26-9-11-27(12-10-26)24(29)21-7-6-20(15-22(21)34(5,30)31)28-18(3)8-13-35(28,32)33/h6-7,14-15,18H,8-13H2,1-5H3/t18-/m1/s1. The number of sulfone groups is 1. The Hall–Kier alpha value is -2.66. The maximum atomic E-state index is 13.4. The van der Waals surface area contributed by atoms with Gasteiger partial charge in [-0.25, -0.2) is 21.8 Å². The van der Waals surface area contributed by atoms with Crippen molar-refractivity contribution in [3.05, 3.63) is 46.6 Å². The van der Waals surface area contributed by atoms with Crippen LogP contribution in [0.1, 0.15) is 40.5 Å². The number of carbonyl (C=O) groups is 1. The summed E-state index contributed by atoms with van der Waals surface area (Å²) in [5.41, 5.74) is 3.51. The third-order valence-electron chi connectivity index (χ3n) is 6.84. The van der Waals surface area contributed by atoms with E-state index in [1.165, 1.54) is 22.5 Å². The summed E-state index contributed by atoms with van der Waals surface area (Å²) in [6, 6.07) is 6.12. The maximum Gasteiger partial charge on any atom is 0.255 e. The van der Waals surface area contributed by atoms with Crippen LogP contribution in [0.25, 0.3) is 0 Å². The molecule has 0 aliphatic carbocycles. The van der Waals surface area contributed by atoms with E-state index in [4.69, 9.17) is 4.98 Å². The fourth-order valence-electron chi connectivity index (χ4n) is 4.80. The molecule has 1 aromatic carbocycles. The highest BCUT2D eigenvalue weighted by atomic mass is 32.2. The molecule has 190 valence electrons. The van der Waals surface area contributed by atoms with Gasteiger partial charge in [-0.3, -0.25) is 9.10 Å². The van der Waals surface area contributed by atoms with Crippen LogP contribution in [0, 0.1) is 20.8 Å². The average Bonchev–Trinajstić information content (AvgIpc) is 3.07. The van der Waals surface area contributed by atoms with Crippen molar-refractivity contribution in [2.75, 3.05) is 47.4 Å². The lowest BCUT2D eigenvalue weighted by Gasteiger charge is -2.36. The number of carbonyl (C=O) groups excluding carboxylic acids is 1. The third-order valence-corrected chi connectivity index (χ3v) is 9.90. The highest BCUT2D eigenvalue weighted by Crippen LogP contribution is 2.32. The number of sulfonamides is 1. The van der Waals surface area contributed by atoms with Crippen LogP contribution in [0.2, 0.25) is 0 Å². The number of hydrogen-bond donors (Lipinski definition) is 0. The molecule has 0 saturated carbocycles. The van der Waals surface area contributed by atoms with Gasteiger partial charge in [0.2, 0.25) is 10.0 Å². The Morgan fingerprint density at radius 3 is 2.26 bits per heavy atom. The summed E-state index contributed by atoms with van der Waals surface area (Å²) in [5.74, 6) is 0.545. The number of benzene rings is 1. The van der Waals surface area contributed by atoms with Gasteiger partial charge in [0, 0.05) is 44.2 Å². The van der Waals surface area contributed by atoms with E-state index in [1.807, 2.05) is 20.8 Å². The first kappa shape index (κ1) is 25.4. The van der Waals surface area contributed by atoms with E-state index < -0.39 is 19.9 Å². The number of piperazine rings is 1. The Morgan fingerprint density at radius 1 is 1.03 bits per heavy atom. The highest BCUT2D eigenvalue weighted by molar-refractivity contribution is 7.93. The van der Waals surface area contributed by atoms with Crippen LogP contribution in [0.4, 0.5) is 11.5 Å². The highest BCUT2D eigenvalue weighted by Gasteiger charge is 2.36. The number of rotatable bonds is 4. The van der Waals surface area contributed by atoms with Gasteiger partial charge >= 0.3 is 0 Å². The molecule has 11 heteroatoms. The minimum absolute atomic E-state index is 0.0160. The van der Waals surface area contributed by atoms with Crippen LogP contribution < -0.4 is 9.21 Å². The smallest absolute Gasteiger partial charge is 0.255 e. The summed E-state index contributed by atoms with van der Waals surface area (Å²) in [7, 11) is -7.30. The van der Waals surface area contributed by atoms with Crippen molar-refractivity contribution in [2.24, 2.45) is 0 Å². The zero-order valence-electron chi connectivity index (χ0n) is 20.8. The van der Waals surface area contributed by atoms with Crippen molar-refractivity contribution in [3.63, 3.8) is 0 Å². The number of aromatic nitrogens is 1. The average molecular weight is 521 g/mol. The van der Waals surface area contributed by atoms with E-state index in [1.54, 1.807) is 11.8 Å². The Balaban J connectivity index is 1.59. The zero-order valence-corrected chi connectivity index (χ0v) is 22.4. The van der Waals surface area contributed by atoms with Gasteiger partial charge < -0.3 is 9.80 Å². The third kappa shape index (κ3) is 4.88. The van der Waals surface area contributed by atoms with E-state index in [9.17, 15) is 21.6 Å². The minimum atomic E-state index is -3.78. The Morgan fingerprint density at radius 2 is 1.69 bits per heavy atom. The number of pyridine rings is 1. The van der Waals surface area contributed by atoms with E-state index in [2.05, 4.69) is 11.0 Å². The molecule has 1 amide bonds. The lowest BCUT2D eigenvalue weighted by Crippen LogP contribution is -2.49. The molecule has 2 aromatic rings. The fourth-order valence-corrected chi connectivity index (χ4v) is 7.61. The molecule has 4 rings (SSSR count). The lowest BCUT2D eigenvalue weighted by molar-refractivity contribution is 0.0742. The molecule has 2 fully saturated rings. The van der Waals surface area contributed by atoms with Gasteiger partial charge in [0.15, 0.2) is 9.84 Å². The molecule has 0 spiro atoms. The molecule has 1 aromatic heterocycles. The second kappa shape index (κ2) is 9.09. The Bertz CT molecular complexity index is 1380. The van der Waals surface area contributed by atoms with Gasteiger partial charge in [0.05, 0.1) is 21.9 Å². The van der Waals surface area contributed by atoms with Crippen molar-refractivity contribution in [1.29, 1.82) is 0 Å². The first-order chi connectivity index (χ1) is 16.3. The summed E-state index contributed by atoms with van der Waals surface area (Å²) in [5, 5.41) is 0. The first-order valence-corrected chi connectivity index (χ1v) is 15.1. The summed E-state index contributed by atoms with van der Waals surface area (Å²) in [6.07, 6.45) is 1.51. The molecule has 0 radical (unpaired) electrons. The monoisotopic (exact) mass is 520 g/mol. The molecule has 2 aliphatic heterocycles. The molecule has 3 heterocycles. The second-order valence-corrected chi connectivity index (χ2v) is 13.5. The summed E-state index contributed by atoms with van der Waals surface area (Å²) >= 11 is 0. The van der Waals surface area contributed by atoms with E-state index >= 15 is 0 Å². The van der Waals surface area contributed by atoms with E-state index in [0.29, 0.717) is 32.6 Å². The first-order valence-electron chi connectivity index (χ1n) is 11.6. The molecular weight excluding hydrogens is 488 g/mol. The summed E-state index contributed by atoms with van der Waals surface area (Å²) < 4.78 is 51.5.